The van der Waals surface area contributed by atoms with Crippen LogP contribution in [0.3, 0.4) is 0 Å². The molecule has 2 aliphatic heterocycles. The number of amides is 1. The minimum atomic E-state index is -0.976. The topological polar surface area (TPSA) is 76.1 Å². The number of carbonyl (C=O) groups is 2. The maximum Gasteiger partial charge on any atom is 0.327 e. The number of thioether (sulfide) groups is 1. The van der Waals surface area contributed by atoms with Gasteiger partial charge in [-0.2, -0.15) is 0 Å². The van der Waals surface area contributed by atoms with Crippen LogP contribution in [0.5, 0.6) is 11.5 Å². The van der Waals surface area contributed by atoms with Crippen LogP contribution in [0.15, 0.2) is 18.2 Å². The van der Waals surface area contributed by atoms with E-state index in [0.29, 0.717) is 17.3 Å². The van der Waals surface area contributed by atoms with Crippen molar-refractivity contribution in [3.8, 4) is 11.5 Å². The molecular formula is C13H13NO5S. The highest BCUT2D eigenvalue weighted by Gasteiger charge is 2.41. The van der Waals surface area contributed by atoms with Gasteiger partial charge in [0.15, 0.2) is 11.5 Å². The van der Waals surface area contributed by atoms with Gasteiger partial charge < -0.3 is 19.5 Å². The summed E-state index contributed by atoms with van der Waals surface area (Å²) in [5.41, 5.74) is 0.846. The molecule has 0 aromatic heterocycles. The molecule has 1 saturated heterocycles. The van der Waals surface area contributed by atoms with E-state index >= 15 is 0 Å². The molecule has 0 spiro atoms. The second kappa shape index (κ2) is 4.90. The normalized spacial score (nSPS) is 23.9. The second-order valence-corrected chi connectivity index (χ2v) is 5.69. The van der Waals surface area contributed by atoms with Crippen molar-refractivity contribution in [2.75, 3.05) is 12.5 Å². The lowest BCUT2D eigenvalue weighted by atomic mass is 10.1. The van der Waals surface area contributed by atoms with Crippen LogP contribution in [0, 0.1) is 0 Å². The lowest BCUT2D eigenvalue weighted by Crippen LogP contribution is -2.41. The third-order valence-corrected chi connectivity index (χ3v) is 4.65. The number of aliphatic carboxylic acids is 1. The highest BCUT2D eigenvalue weighted by Crippen LogP contribution is 2.44. The van der Waals surface area contributed by atoms with Gasteiger partial charge in [0.2, 0.25) is 12.7 Å². The Hall–Kier alpha value is -1.89. The zero-order chi connectivity index (χ0) is 14.3. The third-order valence-electron chi connectivity index (χ3n) is 3.33. The quantitative estimate of drug-likeness (QED) is 0.890. The first-order valence-corrected chi connectivity index (χ1v) is 7.15. The molecule has 1 aromatic rings. The lowest BCUT2D eigenvalue weighted by molar-refractivity contribution is -0.148. The van der Waals surface area contributed by atoms with Gasteiger partial charge in [0.1, 0.15) is 11.4 Å². The highest BCUT2D eigenvalue weighted by molar-refractivity contribution is 7.99. The van der Waals surface area contributed by atoms with Crippen LogP contribution >= 0.6 is 11.8 Å². The van der Waals surface area contributed by atoms with Crippen LogP contribution in [0.2, 0.25) is 0 Å². The number of carboxylic acid groups (broad SMARTS) is 1. The van der Waals surface area contributed by atoms with E-state index in [2.05, 4.69) is 0 Å². The summed E-state index contributed by atoms with van der Waals surface area (Å²) in [6.07, 6.45) is 0. The summed E-state index contributed by atoms with van der Waals surface area (Å²) in [4.78, 5) is 24.4. The molecule has 0 radical (unpaired) electrons. The molecule has 1 unspecified atom stereocenters. The van der Waals surface area contributed by atoms with Crippen LogP contribution in [0.4, 0.5) is 0 Å². The molecule has 1 fully saturated rings. The summed E-state index contributed by atoms with van der Waals surface area (Å²) in [6, 6.07) is 4.64. The van der Waals surface area contributed by atoms with Gasteiger partial charge in [-0.15, -0.1) is 11.8 Å². The number of fused-ring (bicyclic) bond motifs is 1. The fourth-order valence-electron chi connectivity index (χ4n) is 2.40. The van der Waals surface area contributed by atoms with Crippen molar-refractivity contribution in [2.45, 2.75) is 18.3 Å². The van der Waals surface area contributed by atoms with Crippen molar-refractivity contribution in [3.05, 3.63) is 23.8 Å². The summed E-state index contributed by atoms with van der Waals surface area (Å²) < 4.78 is 10.6. The van der Waals surface area contributed by atoms with Gasteiger partial charge in [-0.25, -0.2) is 4.79 Å². The first-order chi connectivity index (χ1) is 9.58. The number of carbonyl (C=O) groups excluding carboxylic acids is 1. The van der Waals surface area contributed by atoms with Gasteiger partial charge in [0.05, 0.1) is 0 Å². The van der Waals surface area contributed by atoms with E-state index in [0.717, 1.165) is 5.56 Å². The first-order valence-electron chi connectivity index (χ1n) is 6.11. The Bertz CT molecular complexity index is 576. The van der Waals surface area contributed by atoms with Crippen molar-refractivity contribution in [1.29, 1.82) is 0 Å². The van der Waals surface area contributed by atoms with Gasteiger partial charge in [-0.05, 0) is 17.7 Å². The first kappa shape index (κ1) is 13.1. The van der Waals surface area contributed by atoms with Gasteiger partial charge >= 0.3 is 5.97 Å². The molecule has 7 heteroatoms. The van der Waals surface area contributed by atoms with E-state index < -0.39 is 12.0 Å². The van der Waals surface area contributed by atoms with Gasteiger partial charge in [0.25, 0.3) is 0 Å². The predicted molar refractivity (Wildman–Crippen MR) is 71.7 cm³/mol. The molecule has 1 N–H and O–H groups in total. The van der Waals surface area contributed by atoms with E-state index in [1.165, 1.54) is 23.6 Å². The van der Waals surface area contributed by atoms with Crippen molar-refractivity contribution in [3.63, 3.8) is 0 Å². The predicted octanol–water partition coefficient (Wildman–Crippen LogP) is 1.46. The monoisotopic (exact) mass is 295 g/mol. The summed E-state index contributed by atoms with van der Waals surface area (Å²) in [5, 5.41) is 8.90. The van der Waals surface area contributed by atoms with Gasteiger partial charge in [0, 0.05) is 12.7 Å². The van der Waals surface area contributed by atoms with Crippen molar-refractivity contribution >= 4 is 23.6 Å². The number of rotatable bonds is 2. The molecule has 3 rings (SSSR count). The molecule has 20 heavy (non-hydrogen) atoms. The average molecular weight is 295 g/mol. The van der Waals surface area contributed by atoms with Crippen molar-refractivity contribution < 1.29 is 24.2 Å². The largest absolute Gasteiger partial charge is 0.480 e. The summed E-state index contributed by atoms with van der Waals surface area (Å²) in [5.74, 6) is 0.459. The molecule has 1 amide bonds. The van der Waals surface area contributed by atoms with Crippen LogP contribution < -0.4 is 9.47 Å². The smallest absolute Gasteiger partial charge is 0.327 e. The number of hydrogen-bond acceptors (Lipinski definition) is 5. The molecule has 0 aliphatic carbocycles. The number of ether oxygens (including phenoxy) is 2. The molecule has 1 aromatic carbocycles. The van der Waals surface area contributed by atoms with Gasteiger partial charge in [-0.1, -0.05) is 6.07 Å². The highest BCUT2D eigenvalue weighted by atomic mass is 32.2. The Balaban J connectivity index is 1.93. The van der Waals surface area contributed by atoms with Crippen LogP contribution in [0.25, 0.3) is 0 Å². The molecular weight excluding hydrogens is 282 g/mol. The fraction of sp³-hybridized carbons (Fsp3) is 0.385. The Morgan fingerprint density at radius 2 is 2.10 bits per heavy atom. The minimum absolute atomic E-state index is 0.185. The van der Waals surface area contributed by atoms with Crippen molar-refractivity contribution in [2.24, 2.45) is 0 Å². The number of nitrogens with zero attached hydrogens (tertiary/aromatic N) is 1. The zero-order valence-corrected chi connectivity index (χ0v) is 11.6. The molecule has 2 aliphatic rings. The number of carboxylic acids is 1. The zero-order valence-electron chi connectivity index (χ0n) is 10.7. The van der Waals surface area contributed by atoms with E-state index in [-0.39, 0.29) is 18.1 Å². The summed E-state index contributed by atoms with van der Waals surface area (Å²) in [7, 11) is 0. The van der Waals surface area contributed by atoms with Crippen LogP contribution in [-0.4, -0.2) is 40.5 Å². The molecule has 106 valence electrons. The Morgan fingerprint density at radius 3 is 2.80 bits per heavy atom. The maximum absolute atomic E-state index is 11.8. The van der Waals surface area contributed by atoms with E-state index in [1.807, 2.05) is 6.07 Å². The number of benzene rings is 1. The summed E-state index contributed by atoms with van der Waals surface area (Å²) in [6.45, 7) is 1.58. The van der Waals surface area contributed by atoms with E-state index in [9.17, 15) is 14.7 Å². The number of hydrogen-bond donors (Lipinski definition) is 1. The molecule has 2 atom stereocenters. The third kappa shape index (κ3) is 2.07. The van der Waals surface area contributed by atoms with E-state index in [4.69, 9.17) is 9.47 Å². The van der Waals surface area contributed by atoms with Gasteiger partial charge in [-0.3, -0.25) is 4.79 Å². The Kier molecular flexibility index (Phi) is 3.21. The van der Waals surface area contributed by atoms with Crippen molar-refractivity contribution in [1.82, 2.24) is 4.90 Å². The SMILES string of the molecule is CC(=O)N1C(c2ccc3c(c2)OCO3)SC[C@@H]1C(=O)O. The molecule has 0 bridgehead atoms. The maximum atomic E-state index is 11.8. The summed E-state index contributed by atoms with van der Waals surface area (Å²) >= 11 is 1.44. The van der Waals surface area contributed by atoms with Crippen LogP contribution in [-0.2, 0) is 9.59 Å². The van der Waals surface area contributed by atoms with Crippen LogP contribution in [0.1, 0.15) is 17.9 Å². The molecule has 6 nitrogen and oxygen atoms in total. The average Bonchev–Trinajstić information content (AvgIpc) is 3.04. The second-order valence-electron chi connectivity index (χ2n) is 4.58. The molecule has 2 heterocycles. The van der Waals surface area contributed by atoms with E-state index in [1.54, 1.807) is 12.1 Å². The standard InChI is InChI=1S/C13H13NO5S/c1-7(15)14-9(13(16)17)5-20-12(14)8-2-3-10-11(4-8)19-6-18-10/h2-4,9,12H,5-6H2,1H3,(H,16,17)/t9-,12?/m1/s1. The molecule has 0 saturated carbocycles. The fourth-order valence-corrected chi connectivity index (χ4v) is 3.87. The lowest BCUT2D eigenvalue weighted by Gasteiger charge is -2.26. The Labute approximate surface area is 119 Å². The Morgan fingerprint density at radius 1 is 1.35 bits per heavy atom. The minimum Gasteiger partial charge on any atom is -0.480 e.